The lowest BCUT2D eigenvalue weighted by Gasteiger charge is -2.27. The van der Waals surface area contributed by atoms with Crippen LogP contribution in [0.1, 0.15) is 26.4 Å². The van der Waals surface area contributed by atoms with E-state index >= 15 is 0 Å². The zero-order valence-corrected chi connectivity index (χ0v) is 23.5. The third-order valence-electron chi connectivity index (χ3n) is 6.30. The quantitative estimate of drug-likeness (QED) is 0.224. The van der Waals surface area contributed by atoms with E-state index in [1.165, 1.54) is 16.0 Å². The van der Waals surface area contributed by atoms with Crippen molar-refractivity contribution in [3.8, 4) is 10.6 Å². The number of anilines is 1. The van der Waals surface area contributed by atoms with Crippen LogP contribution in [0.4, 0.5) is 5.00 Å². The molecule has 6 rings (SSSR count). The van der Waals surface area contributed by atoms with E-state index in [1.807, 2.05) is 24.3 Å². The van der Waals surface area contributed by atoms with E-state index in [0.717, 1.165) is 51.8 Å². The third kappa shape index (κ3) is 5.41. The Kier molecular flexibility index (Phi) is 7.86. The molecular formula is C28H22Cl3N3OS2. The predicted molar refractivity (Wildman–Crippen MR) is 159 cm³/mol. The SMILES string of the molecule is Cl.O=C(Nc1sc2c(c1-c1nc3ccccc3s1)CCN(Cc1ccccc1)C2)c1ccc(Cl)cc1Cl. The minimum Gasteiger partial charge on any atom is -0.313 e. The van der Waals surface area contributed by atoms with Crippen molar-refractivity contribution in [2.75, 3.05) is 11.9 Å². The molecule has 0 saturated heterocycles. The highest BCUT2D eigenvalue weighted by atomic mass is 35.5. The van der Waals surface area contributed by atoms with Gasteiger partial charge in [0.05, 0.1) is 20.8 Å². The molecule has 1 aliphatic heterocycles. The van der Waals surface area contributed by atoms with Crippen molar-refractivity contribution in [3.05, 3.63) is 104 Å². The standard InChI is InChI=1S/C28H21Cl2N3OS2.ClH/c29-18-10-11-19(21(30)14-18)26(34)32-28-25(27-31-22-8-4-5-9-23(22)35-27)20-12-13-33(16-24(20)36-28)15-17-6-2-1-3-7-17;/h1-11,14H,12-13,15-16H2,(H,32,34);1H. The molecule has 4 nitrogen and oxygen atoms in total. The maximum absolute atomic E-state index is 13.3. The first-order chi connectivity index (χ1) is 17.5. The lowest BCUT2D eigenvalue weighted by Crippen LogP contribution is -2.29. The number of thiazole rings is 1. The second kappa shape index (κ2) is 11.1. The molecule has 0 unspecified atom stereocenters. The summed E-state index contributed by atoms with van der Waals surface area (Å²) in [7, 11) is 0. The predicted octanol–water partition coefficient (Wildman–Crippen LogP) is 8.56. The molecule has 1 aliphatic rings. The second-order valence-corrected chi connectivity index (χ2v) is 11.7. The summed E-state index contributed by atoms with van der Waals surface area (Å²) in [5.74, 6) is -0.251. The van der Waals surface area contributed by atoms with Gasteiger partial charge in [-0.05, 0) is 47.9 Å². The second-order valence-electron chi connectivity index (χ2n) is 8.72. The minimum atomic E-state index is -0.251. The average Bonchev–Trinajstić information content (AvgIpc) is 3.44. The van der Waals surface area contributed by atoms with Crippen LogP contribution in [0.25, 0.3) is 20.8 Å². The summed E-state index contributed by atoms with van der Waals surface area (Å²) in [6.07, 6.45) is 0.904. The number of thiophene rings is 1. The Balaban J connectivity index is 0.00000280. The lowest BCUT2D eigenvalue weighted by molar-refractivity contribution is 0.102. The van der Waals surface area contributed by atoms with E-state index in [2.05, 4.69) is 40.5 Å². The minimum absolute atomic E-state index is 0. The third-order valence-corrected chi connectivity index (χ3v) is 9.03. The fraction of sp³-hybridized carbons (Fsp3) is 0.143. The molecule has 9 heteroatoms. The van der Waals surface area contributed by atoms with Gasteiger partial charge in [0.25, 0.3) is 5.91 Å². The number of fused-ring (bicyclic) bond motifs is 2. The highest BCUT2D eigenvalue weighted by Crippen LogP contribution is 2.46. The molecule has 3 heterocycles. The lowest BCUT2D eigenvalue weighted by atomic mass is 10.0. The summed E-state index contributed by atoms with van der Waals surface area (Å²) in [5.41, 5.74) is 4.98. The molecule has 37 heavy (non-hydrogen) atoms. The highest BCUT2D eigenvalue weighted by Gasteiger charge is 2.28. The summed E-state index contributed by atoms with van der Waals surface area (Å²) in [6.45, 7) is 2.69. The van der Waals surface area contributed by atoms with Gasteiger partial charge in [0.2, 0.25) is 0 Å². The maximum Gasteiger partial charge on any atom is 0.257 e. The Morgan fingerprint density at radius 3 is 2.57 bits per heavy atom. The first-order valence-corrected chi connectivity index (χ1v) is 14.0. The van der Waals surface area contributed by atoms with Gasteiger partial charge < -0.3 is 5.32 Å². The van der Waals surface area contributed by atoms with E-state index in [0.29, 0.717) is 15.6 Å². The number of halogens is 3. The van der Waals surface area contributed by atoms with Gasteiger partial charge in [0, 0.05) is 35.1 Å². The van der Waals surface area contributed by atoms with Crippen LogP contribution in [0.5, 0.6) is 0 Å². The van der Waals surface area contributed by atoms with Crippen molar-refractivity contribution >= 4 is 79.4 Å². The van der Waals surface area contributed by atoms with Crippen molar-refractivity contribution in [3.63, 3.8) is 0 Å². The molecule has 0 saturated carbocycles. The van der Waals surface area contributed by atoms with Gasteiger partial charge in [-0.15, -0.1) is 35.1 Å². The smallest absolute Gasteiger partial charge is 0.257 e. The van der Waals surface area contributed by atoms with Crippen LogP contribution in [-0.4, -0.2) is 22.3 Å². The topological polar surface area (TPSA) is 45.2 Å². The summed E-state index contributed by atoms with van der Waals surface area (Å²) in [5, 5.41) is 5.73. The van der Waals surface area contributed by atoms with Gasteiger partial charge in [-0.1, -0.05) is 65.7 Å². The summed E-state index contributed by atoms with van der Waals surface area (Å²) < 4.78 is 1.13. The number of hydrogen-bond acceptors (Lipinski definition) is 5. The van der Waals surface area contributed by atoms with Gasteiger partial charge in [-0.2, -0.15) is 0 Å². The fourth-order valence-corrected chi connectivity index (χ4v) is 7.46. The van der Waals surface area contributed by atoms with E-state index in [-0.39, 0.29) is 18.3 Å². The van der Waals surface area contributed by atoms with Crippen LogP contribution in [0.3, 0.4) is 0 Å². The van der Waals surface area contributed by atoms with Gasteiger partial charge in [0.15, 0.2) is 0 Å². The molecule has 188 valence electrons. The van der Waals surface area contributed by atoms with Crippen molar-refractivity contribution in [1.82, 2.24) is 9.88 Å². The van der Waals surface area contributed by atoms with E-state index in [4.69, 9.17) is 28.2 Å². The van der Waals surface area contributed by atoms with E-state index in [1.54, 1.807) is 40.9 Å². The molecule has 1 N–H and O–H groups in total. The zero-order valence-electron chi connectivity index (χ0n) is 19.5. The molecule has 0 spiro atoms. The molecule has 0 radical (unpaired) electrons. The number of benzene rings is 3. The van der Waals surface area contributed by atoms with Crippen LogP contribution < -0.4 is 5.32 Å². The number of para-hydroxylation sites is 1. The molecule has 1 amide bonds. The number of hydrogen-bond donors (Lipinski definition) is 1. The number of rotatable bonds is 5. The Labute approximate surface area is 239 Å². The number of nitrogens with zero attached hydrogens (tertiary/aromatic N) is 2. The number of carbonyl (C=O) groups excluding carboxylic acids is 1. The molecule has 0 fully saturated rings. The van der Waals surface area contributed by atoms with Gasteiger partial charge in [0.1, 0.15) is 10.0 Å². The Morgan fingerprint density at radius 1 is 1.00 bits per heavy atom. The Bertz CT molecular complexity index is 1550. The van der Waals surface area contributed by atoms with Crippen LogP contribution >= 0.6 is 58.3 Å². The van der Waals surface area contributed by atoms with Crippen molar-refractivity contribution in [2.24, 2.45) is 0 Å². The molecule has 2 aromatic heterocycles. The van der Waals surface area contributed by atoms with Gasteiger partial charge in [-0.25, -0.2) is 4.98 Å². The number of carbonyl (C=O) groups is 1. The van der Waals surface area contributed by atoms with E-state index < -0.39 is 0 Å². The van der Waals surface area contributed by atoms with Crippen molar-refractivity contribution in [2.45, 2.75) is 19.5 Å². The van der Waals surface area contributed by atoms with Gasteiger partial charge in [-0.3, -0.25) is 9.69 Å². The summed E-state index contributed by atoms with van der Waals surface area (Å²) >= 11 is 15.7. The summed E-state index contributed by atoms with van der Waals surface area (Å²) in [4.78, 5) is 21.9. The van der Waals surface area contributed by atoms with Crippen molar-refractivity contribution in [1.29, 1.82) is 0 Å². The molecule has 0 bridgehead atoms. The Morgan fingerprint density at radius 2 is 1.78 bits per heavy atom. The molecule has 0 atom stereocenters. The highest BCUT2D eigenvalue weighted by molar-refractivity contribution is 7.23. The normalized spacial score (nSPS) is 13.2. The fourth-order valence-electron chi connectivity index (χ4n) is 4.57. The zero-order chi connectivity index (χ0) is 24.6. The first kappa shape index (κ1) is 26.2. The summed E-state index contributed by atoms with van der Waals surface area (Å²) in [6, 6.07) is 23.6. The first-order valence-electron chi connectivity index (χ1n) is 11.6. The van der Waals surface area contributed by atoms with Gasteiger partial charge >= 0.3 is 0 Å². The molecular weight excluding hydrogens is 565 g/mol. The average molecular weight is 587 g/mol. The van der Waals surface area contributed by atoms with Crippen LogP contribution in [-0.2, 0) is 19.5 Å². The van der Waals surface area contributed by atoms with Crippen LogP contribution in [0.2, 0.25) is 10.0 Å². The van der Waals surface area contributed by atoms with Crippen LogP contribution in [0, 0.1) is 0 Å². The molecule has 3 aromatic carbocycles. The Hall–Kier alpha value is -2.45. The number of amides is 1. The number of aromatic nitrogens is 1. The van der Waals surface area contributed by atoms with Crippen LogP contribution in [0.15, 0.2) is 72.8 Å². The van der Waals surface area contributed by atoms with E-state index in [9.17, 15) is 4.79 Å². The van der Waals surface area contributed by atoms with Crippen molar-refractivity contribution < 1.29 is 4.79 Å². The molecule has 5 aromatic rings. The largest absolute Gasteiger partial charge is 0.313 e. The number of nitrogens with one attached hydrogen (secondary N) is 1. The molecule has 0 aliphatic carbocycles. The monoisotopic (exact) mass is 585 g/mol. The maximum atomic E-state index is 13.3.